The number of aromatic nitrogens is 4. The number of hydrogen-bond acceptors (Lipinski definition) is 5. The van der Waals surface area contributed by atoms with Gasteiger partial charge in [-0.05, 0) is 26.5 Å². The number of likely N-dealkylation sites (N-methyl/N-ethyl adjacent to an activating group) is 1. The Labute approximate surface area is 122 Å². The van der Waals surface area contributed by atoms with E-state index in [0.717, 1.165) is 10.3 Å². The van der Waals surface area contributed by atoms with Gasteiger partial charge in [-0.25, -0.2) is 14.8 Å². The first kappa shape index (κ1) is 15.1. The van der Waals surface area contributed by atoms with Crippen LogP contribution in [-0.2, 0) is 13.5 Å². The quantitative estimate of drug-likeness (QED) is 0.844. The van der Waals surface area contributed by atoms with Gasteiger partial charge in [-0.3, -0.25) is 14.3 Å². The SMILES string of the molecule is C[C@@H](c1ccncn1)N(C)CCc1c[nH]c(=O)n(C)c1=O. The van der Waals surface area contributed by atoms with Crippen LogP contribution in [0.3, 0.4) is 0 Å². The summed E-state index contributed by atoms with van der Waals surface area (Å²) < 4.78 is 1.09. The predicted molar refractivity (Wildman–Crippen MR) is 79.1 cm³/mol. The van der Waals surface area contributed by atoms with Gasteiger partial charge in [-0.1, -0.05) is 0 Å². The van der Waals surface area contributed by atoms with E-state index in [0.29, 0.717) is 18.5 Å². The highest BCUT2D eigenvalue weighted by Gasteiger charge is 2.13. The van der Waals surface area contributed by atoms with E-state index in [9.17, 15) is 9.59 Å². The Kier molecular flexibility index (Phi) is 4.64. The third-order valence-electron chi connectivity index (χ3n) is 3.68. The topological polar surface area (TPSA) is 83.9 Å². The Balaban J connectivity index is 2.05. The lowest BCUT2D eigenvalue weighted by atomic mass is 10.1. The Morgan fingerprint density at radius 1 is 1.43 bits per heavy atom. The van der Waals surface area contributed by atoms with Crippen LogP contribution >= 0.6 is 0 Å². The number of hydrogen-bond donors (Lipinski definition) is 1. The summed E-state index contributed by atoms with van der Waals surface area (Å²) in [6.07, 6.45) is 5.30. The summed E-state index contributed by atoms with van der Waals surface area (Å²) in [6.45, 7) is 2.74. The Morgan fingerprint density at radius 2 is 2.19 bits per heavy atom. The highest BCUT2D eigenvalue weighted by atomic mass is 16.2. The van der Waals surface area contributed by atoms with Crippen LogP contribution in [0.1, 0.15) is 24.2 Å². The van der Waals surface area contributed by atoms with Crippen LogP contribution < -0.4 is 11.2 Å². The Morgan fingerprint density at radius 3 is 2.86 bits per heavy atom. The molecule has 1 N–H and O–H groups in total. The summed E-state index contributed by atoms with van der Waals surface area (Å²) in [5, 5.41) is 0. The average Bonchev–Trinajstić information content (AvgIpc) is 2.52. The molecule has 7 heteroatoms. The molecule has 1 atom stereocenters. The van der Waals surface area contributed by atoms with Gasteiger partial charge in [0.15, 0.2) is 0 Å². The molecule has 2 aromatic rings. The molecule has 2 aromatic heterocycles. The van der Waals surface area contributed by atoms with E-state index < -0.39 is 5.69 Å². The van der Waals surface area contributed by atoms with Crippen LogP contribution in [0.4, 0.5) is 0 Å². The van der Waals surface area contributed by atoms with Crippen LogP contribution in [0.5, 0.6) is 0 Å². The van der Waals surface area contributed by atoms with Crippen molar-refractivity contribution in [1.82, 2.24) is 24.4 Å². The lowest BCUT2D eigenvalue weighted by Crippen LogP contribution is -2.35. The number of nitrogens with zero attached hydrogens (tertiary/aromatic N) is 4. The van der Waals surface area contributed by atoms with Crippen molar-refractivity contribution in [2.45, 2.75) is 19.4 Å². The van der Waals surface area contributed by atoms with Crippen molar-refractivity contribution in [1.29, 1.82) is 0 Å². The van der Waals surface area contributed by atoms with Crippen molar-refractivity contribution in [3.8, 4) is 0 Å². The lowest BCUT2D eigenvalue weighted by Gasteiger charge is -2.23. The minimum absolute atomic E-state index is 0.125. The Bertz CT molecular complexity index is 707. The molecule has 0 amide bonds. The van der Waals surface area contributed by atoms with Crippen molar-refractivity contribution >= 4 is 0 Å². The minimum Gasteiger partial charge on any atom is -0.314 e. The van der Waals surface area contributed by atoms with Gasteiger partial charge < -0.3 is 4.98 Å². The van der Waals surface area contributed by atoms with E-state index >= 15 is 0 Å². The van der Waals surface area contributed by atoms with Gasteiger partial charge in [0.2, 0.25) is 0 Å². The lowest BCUT2D eigenvalue weighted by molar-refractivity contribution is 0.259. The maximum Gasteiger partial charge on any atom is 0.328 e. The molecule has 21 heavy (non-hydrogen) atoms. The van der Waals surface area contributed by atoms with Crippen LogP contribution in [0.15, 0.2) is 34.4 Å². The van der Waals surface area contributed by atoms with Crippen LogP contribution in [0, 0.1) is 0 Å². The number of nitrogens with one attached hydrogen (secondary N) is 1. The molecule has 0 aliphatic heterocycles. The fourth-order valence-electron chi connectivity index (χ4n) is 2.06. The van der Waals surface area contributed by atoms with Gasteiger partial charge in [0.25, 0.3) is 5.56 Å². The Hall–Kier alpha value is -2.28. The first-order valence-electron chi connectivity index (χ1n) is 6.74. The van der Waals surface area contributed by atoms with Gasteiger partial charge in [0, 0.05) is 37.6 Å². The first-order valence-corrected chi connectivity index (χ1v) is 6.74. The van der Waals surface area contributed by atoms with Crippen molar-refractivity contribution in [2.75, 3.05) is 13.6 Å². The molecule has 0 bridgehead atoms. The van der Waals surface area contributed by atoms with Gasteiger partial charge in [0.1, 0.15) is 6.33 Å². The van der Waals surface area contributed by atoms with E-state index in [-0.39, 0.29) is 11.6 Å². The zero-order chi connectivity index (χ0) is 15.4. The molecule has 2 heterocycles. The molecule has 112 valence electrons. The number of H-pyrrole nitrogens is 1. The molecule has 0 unspecified atom stereocenters. The fraction of sp³-hybridized carbons (Fsp3) is 0.429. The van der Waals surface area contributed by atoms with E-state index in [4.69, 9.17) is 0 Å². The fourth-order valence-corrected chi connectivity index (χ4v) is 2.06. The summed E-state index contributed by atoms with van der Waals surface area (Å²) >= 11 is 0. The van der Waals surface area contributed by atoms with Gasteiger partial charge in [-0.2, -0.15) is 0 Å². The summed E-state index contributed by atoms with van der Waals surface area (Å²) in [7, 11) is 3.45. The minimum atomic E-state index is -0.397. The molecule has 0 spiro atoms. The standard InChI is InChI=1S/C14H19N5O2/c1-10(12-4-6-15-9-17-12)18(2)7-5-11-8-16-14(21)19(3)13(11)20/h4,6,8-10H,5,7H2,1-3H3,(H,16,21)/t10-/m0/s1. The number of aromatic amines is 1. The molecule has 0 saturated carbocycles. The van der Waals surface area contributed by atoms with Crippen molar-refractivity contribution in [3.63, 3.8) is 0 Å². The van der Waals surface area contributed by atoms with Gasteiger partial charge in [-0.15, -0.1) is 0 Å². The second kappa shape index (κ2) is 6.45. The third-order valence-corrected chi connectivity index (χ3v) is 3.68. The van der Waals surface area contributed by atoms with Crippen molar-refractivity contribution < 1.29 is 0 Å². The molecule has 0 aliphatic rings. The monoisotopic (exact) mass is 289 g/mol. The molecule has 0 radical (unpaired) electrons. The largest absolute Gasteiger partial charge is 0.328 e. The molecule has 2 rings (SSSR count). The third kappa shape index (κ3) is 3.43. The predicted octanol–water partition coefficient (Wildman–Crippen LogP) is 0.0991. The van der Waals surface area contributed by atoms with Crippen molar-refractivity contribution in [3.05, 3.63) is 56.9 Å². The van der Waals surface area contributed by atoms with Crippen LogP contribution in [0.25, 0.3) is 0 Å². The summed E-state index contributed by atoms with van der Waals surface area (Å²) in [5.41, 5.74) is 0.883. The summed E-state index contributed by atoms with van der Waals surface area (Å²) in [5.74, 6) is 0. The summed E-state index contributed by atoms with van der Waals surface area (Å²) in [4.78, 5) is 36.1. The second-order valence-electron chi connectivity index (χ2n) is 5.02. The zero-order valence-electron chi connectivity index (χ0n) is 12.4. The zero-order valence-corrected chi connectivity index (χ0v) is 12.4. The molecular weight excluding hydrogens is 270 g/mol. The van der Waals surface area contributed by atoms with Crippen LogP contribution in [-0.4, -0.2) is 38.0 Å². The van der Waals surface area contributed by atoms with E-state index in [1.807, 2.05) is 20.0 Å². The van der Waals surface area contributed by atoms with Crippen molar-refractivity contribution in [2.24, 2.45) is 7.05 Å². The first-order chi connectivity index (χ1) is 10.0. The highest BCUT2D eigenvalue weighted by Crippen LogP contribution is 2.15. The molecule has 0 aliphatic carbocycles. The average molecular weight is 289 g/mol. The molecule has 0 fully saturated rings. The van der Waals surface area contributed by atoms with E-state index in [2.05, 4.69) is 19.9 Å². The molecular formula is C14H19N5O2. The van der Waals surface area contributed by atoms with E-state index in [1.54, 1.807) is 6.20 Å². The highest BCUT2D eigenvalue weighted by molar-refractivity contribution is 5.07. The smallest absolute Gasteiger partial charge is 0.314 e. The van der Waals surface area contributed by atoms with Gasteiger partial charge >= 0.3 is 5.69 Å². The maximum absolute atomic E-state index is 11.9. The van der Waals surface area contributed by atoms with E-state index in [1.165, 1.54) is 19.6 Å². The normalized spacial score (nSPS) is 12.6. The molecule has 7 nitrogen and oxygen atoms in total. The summed E-state index contributed by atoms with van der Waals surface area (Å²) in [6, 6.07) is 2.00. The maximum atomic E-state index is 11.9. The molecule has 0 saturated heterocycles. The van der Waals surface area contributed by atoms with Gasteiger partial charge in [0.05, 0.1) is 5.69 Å². The van der Waals surface area contributed by atoms with Crippen LogP contribution in [0.2, 0.25) is 0 Å². The number of rotatable bonds is 5. The second-order valence-corrected chi connectivity index (χ2v) is 5.02. The molecule has 0 aromatic carbocycles.